The van der Waals surface area contributed by atoms with Crippen LogP contribution in [0.1, 0.15) is 86.4 Å². The summed E-state index contributed by atoms with van der Waals surface area (Å²) in [6.07, 6.45) is 15.8. The first-order valence-corrected chi connectivity index (χ1v) is 20.4. The lowest BCUT2D eigenvalue weighted by atomic mass is 9.79. The van der Waals surface area contributed by atoms with Gasteiger partial charge in [-0.25, -0.2) is 14.6 Å². The number of hydrogen-bond acceptors (Lipinski definition) is 12. The molecule has 1 aliphatic carbocycles. The number of piperazine rings is 1. The van der Waals surface area contributed by atoms with E-state index < -0.39 is 0 Å². The van der Waals surface area contributed by atoms with Crippen molar-refractivity contribution < 1.29 is 14.3 Å². The summed E-state index contributed by atoms with van der Waals surface area (Å²) in [5.74, 6) is 1.13. The number of ether oxygens (including phenoxy) is 1. The van der Waals surface area contributed by atoms with Gasteiger partial charge in [-0.2, -0.15) is 15.0 Å². The normalized spacial score (nSPS) is 22.4. The minimum Gasteiger partial charge on any atom is -0.381 e. The number of imide groups is 1. The van der Waals surface area contributed by atoms with Gasteiger partial charge >= 0.3 is 0 Å². The predicted octanol–water partition coefficient (Wildman–Crippen LogP) is 4.87. The van der Waals surface area contributed by atoms with Crippen molar-refractivity contribution in [1.82, 2.24) is 45.0 Å². The van der Waals surface area contributed by atoms with Crippen molar-refractivity contribution in [2.24, 2.45) is 5.92 Å². The maximum Gasteiger partial charge on any atom is 0.234 e. The molecule has 4 aromatic heterocycles. The molecular formula is C42H48N12O3. The fourth-order valence-corrected chi connectivity index (χ4v) is 8.92. The number of fused-ring (bicyclic) bond motifs is 1. The molecule has 0 bridgehead atoms. The monoisotopic (exact) mass is 768 g/mol. The van der Waals surface area contributed by atoms with Crippen LogP contribution in [0, 0.1) is 17.2 Å². The zero-order valence-electron chi connectivity index (χ0n) is 32.1. The van der Waals surface area contributed by atoms with Crippen molar-refractivity contribution in [3.05, 3.63) is 78.0 Å². The molecule has 2 N–H and O–H groups in total. The number of rotatable bonds is 10. The lowest BCUT2D eigenvalue weighted by Gasteiger charge is -2.37. The summed E-state index contributed by atoms with van der Waals surface area (Å²) in [5, 5.41) is 30.2. The molecule has 4 aliphatic rings. The lowest BCUT2D eigenvalue weighted by Crippen LogP contribution is -2.47. The number of nitrogens with zero attached hydrogens (tertiary/aromatic N) is 10. The number of piperidine rings is 1. The van der Waals surface area contributed by atoms with E-state index in [9.17, 15) is 14.9 Å². The first-order chi connectivity index (χ1) is 28.0. The van der Waals surface area contributed by atoms with Crippen molar-refractivity contribution >= 4 is 34.2 Å². The molecule has 15 nitrogen and oxygen atoms in total. The minimum absolute atomic E-state index is 0.177. The quantitative estimate of drug-likeness (QED) is 0.185. The Balaban J connectivity index is 0.786. The molecule has 9 rings (SSSR count). The van der Waals surface area contributed by atoms with Crippen LogP contribution in [0.5, 0.6) is 0 Å². The Morgan fingerprint density at radius 1 is 0.912 bits per heavy atom. The minimum atomic E-state index is -0.242. The molecule has 1 saturated carbocycles. The number of carbonyl (C=O) groups excluding carboxylic acids is 2. The number of amides is 2. The number of nitriles is 1. The van der Waals surface area contributed by atoms with Crippen LogP contribution < -0.4 is 15.5 Å². The third-order valence-corrected chi connectivity index (χ3v) is 12.4. The summed E-state index contributed by atoms with van der Waals surface area (Å²) in [6.45, 7) is 6.65. The SMILES string of the molecule is N#Cc1cnc2c(cnn2-c2cc(NC3CCOCC3)c(-n3cc(C4CCC(CCN5CCN(c6ccc(C7CCC(=O)NC7=O)cc6)CC5)CC4)nn3)cn2)c1. The molecule has 5 aromatic rings. The summed E-state index contributed by atoms with van der Waals surface area (Å²) in [7, 11) is 0. The van der Waals surface area contributed by atoms with Crippen LogP contribution in [0.2, 0.25) is 0 Å². The van der Waals surface area contributed by atoms with E-state index in [0.29, 0.717) is 35.8 Å². The Morgan fingerprint density at radius 2 is 1.72 bits per heavy atom. The Hall–Kier alpha value is -5.72. The molecule has 2 amide bonds. The van der Waals surface area contributed by atoms with E-state index in [0.717, 1.165) is 106 Å². The van der Waals surface area contributed by atoms with Gasteiger partial charge in [0.25, 0.3) is 0 Å². The van der Waals surface area contributed by atoms with Crippen LogP contribution in [0.3, 0.4) is 0 Å². The molecule has 1 unspecified atom stereocenters. The van der Waals surface area contributed by atoms with Crippen LogP contribution in [-0.4, -0.2) is 103 Å². The maximum absolute atomic E-state index is 12.3. The molecule has 1 atom stereocenters. The highest BCUT2D eigenvalue weighted by Crippen LogP contribution is 2.37. The Bertz CT molecular complexity index is 2260. The van der Waals surface area contributed by atoms with Gasteiger partial charge in [-0.15, -0.1) is 5.10 Å². The van der Waals surface area contributed by atoms with Gasteiger partial charge < -0.3 is 15.0 Å². The molecule has 3 saturated heterocycles. The molecule has 294 valence electrons. The zero-order chi connectivity index (χ0) is 38.7. The lowest BCUT2D eigenvalue weighted by molar-refractivity contribution is -0.134. The average Bonchev–Trinajstić information content (AvgIpc) is 3.92. The first-order valence-electron chi connectivity index (χ1n) is 20.4. The average molecular weight is 769 g/mol. The highest BCUT2D eigenvalue weighted by molar-refractivity contribution is 6.01. The van der Waals surface area contributed by atoms with Crippen LogP contribution in [0.25, 0.3) is 22.5 Å². The van der Waals surface area contributed by atoms with Gasteiger partial charge in [0.15, 0.2) is 11.5 Å². The molecule has 15 heteroatoms. The topological polar surface area (TPSA) is 172 Å². The zero-order valence-corrected chi connectivity index (χ0v) is 32.1. The standard InChI is InChI=1S/C42H48N12O3/c43-23-29-21-32-25-46-54(41(32)45-24-29)39-22-36(47-33-12-19-57-20-13-33)38(26-44-39)53-27-37(49-50-53)31-3-1-28(2-4-31)11-14-51-15-17-52(18-16-51)34-7-5-30(6-8-34)35-9-10-40(55)48-42(35)56/h5-8,21-22,24-28,31,33,35H,1-4,9-20H2,(H,44,47)(H,48,55,56). The summed E-state index contributed by atoms with van der Waals surface area (Å²) in [6, 6.07) is 14.5. The van der Waals surface area contributed by atoms with Crippen LogP contribution in [-0.2, 0) is 14.3 Å². The Labute approximate surface area is 331 Å². The van der Waals surface area contributed by atoms with E-state index in [4.69, 9.17) is 9.72 Å². The Kier molecular flexibility index (Phi) is 10.6. The predicted molar refractivity (Wildman–Crippen MR) is 213 cm³/mol. The number of pyridine rings is 2. The first kappa shape index (κ1) is 36.9. The van der Waals surface area contributed by atoms with E-state index in [-0.39, 0.29) is 23.8 Å². The number of hydrogen-bond donors (Lipinski definition) is 2. The van der Waals surface area contributed by atoms with Gasteiger partial charge in [0.05, 0.1) is 41.5 Å². The van der Waals surface area contributed by atoms with Crippen molar-refractivity contribution in [3.63, 3.8) is 0 Å². The second-order valence-corrected chi connectivity index (χ2v) is 15.9. The van der Waals surface area contributed by atoms with Gasteiger partial charge in [-0.3, -0.25) is 19.8 Å². The third kappa shape index (κ3) is 8.10. The molecule has 1 aromatic carbocycles. The smallest absolute Gasteiger partial charge is 0.234 e. The highest BCUT2D eigenvalue weighted by Gasteiger charge is 2.29. The van der Waals surface area contributed by atoms with Gasteiger partial charge in [0, 0.05) is 81.1 Å². The van der Waals surface area contributed by atoms with E-state index in [1.165, 1.54) is 24.9 Å². The van der Waals surface area contributed by atoms with Crippen molar-refractivity contribution in [3.8, 4) is 17.6 Å². The fraction of sp³-hybridized carbons (Fsp3) is 0.476. The van der Waals surface area contributed by atoms with Crippen molar-refractivity contribution in [2.45, 2.75) is 75.7 Å². The second kappa shape index (κ2) is 16.4. The van der Waals surface area contributed by atoms with Crippen molar-refractivity contribution in [2.75, 3.05) is 56.2 Å². The summed E-state index contributed by atoms with van der Waals surface area (Å²) in [5.41, 5.74) is 6.06. The number of nitrogens with one attached hydrogen (secondary N) is 2. The molecule has 0 spiro atoms. The molecule has 3 aliphatic heterocycles. The number of carbonyl (C=O) groups is 2. The van der Waals surface area contributed by atoms with E-state index in [1.54, 1.807) is 23.1 Å². The summed E-state index contributed by atoms with van der Waals surface area (Å²) >= 11 is 0. The fourth-order valence-electron chi connectivity index (χ4n) is 8.92. The third-order valence-electron chi connectivity index (χ3n) is 12.4. The molecule has 7 heterocycles. The maximum atomic E-state index is 12.3. The van der Waals surface area contributed by atoms with E-state index >= 15 is 0 Å². The van der Waals surface area contributed by atoms with E-state index in [1.807, 2.05) is 29.1 Å². The van der Waals surface area contributed by atoms with Crippen LogP contribution in [0.4, 0.5) is 11.4 Å². The molecule has 4 fully saturated rings. The largest absolute Gasteiger partial charge is 0.381 e. The number of benzene rings is 1. The van der Waals surface area contributed by atoms with Crippen LogP contribution >= 0.6 is 0 Å². The molecule has 57 heavy (non-hydrogen) atoms. The van der Waals surface area contributed by atoms with Crippen LogP contribution in [0.15, 0.2) is 61.2 Å². The van der Waals surface area contributed by atoms with Gasteiger partial charge in [-0.1, -0.05) is 17.3 Å². The van der Waals surface area contributed by atoms with Gasteiger partial charge in [0.1, 0.15) is 11.8 Å². The number of aromatic nitrogens is 7. The van der Waals surface area contributed by atoms with Gasteiger partial charge in [-0.05, 0) is 87.6 Å². The number of anilines is 2. The Morgan fingerprint density at radius 3 is 2.49 bits per heavy atom. The highest BCUT2D eigenvalue weighted by atomic mass is 16.5. The van der Waals surface area contributed by atoms with Gasteiger partial charge in [0.2, 0.25) is 11.8 Å². The molecule has 0 radical (unpaired) electrons. The summed E-state index contributed by atoms with van der Waals surface area (Å²) in [4.78, 5) is 38.2. The molecular weight excluding hydrogens is 721 g/mol. The van der Waals surface area contributed by atoms with Crippen molar-refractivity contribution in [1.29, 1.82) is 5.26 Å². The summed E-state index contributed by atoms with van der Waals surface area (Å²) < 4.78 is 9.18. The second-order valence-electron chi connectivity index (χ2n) is 15.9. The van der Waals surface area contributed by atoms with E-state index in [2.05, 4.69) is 65.2 Å².